The third kappa shape index (κ3) is 1.21. The molecule has 2 aromatic rings. The van der Waals surface area contributed by atoms with Gasteiger partial charge in [-0.05, 0) is 40.2 Å². The quantitative estimate of drug-likeness (QED) is 0.687. The Morgan fingerprint density at radius 1 is 1.25 bits per heavy atom. The summed E-state index contributed by atoms with van der Waals surface area (Å²) >= 11 is 9.38. The summed E-state index contributed by atoms with van der Waals surface area (Å²) in [7, 11) is 0. The maximum Gasteiger partial charge on any atom is 0.0858 e. The first-order valence-corrected chi connectivity index (χ1v) is 4.65. The van der Waals surface area contributed by atoms with E-state index in [0.29, 0.717) is 0 Å². The molecule has 1 nitrogen and oxygen atoms in total. The Balaban J connectivity index is 2.95. The Kier molecular flexibility index (Phi) is 2.03. The van der Waals surface area contributed by atoms with Crippen LogP contribution in [-0.2, 0) is 0 Å². The minimum atomic E-state index is 0.737. The summed E-state index contributed by atoms with van der Waals surface area (Å²) in [5.74, 6) is 0. The lowest BCUT2D eigenvalue weighted by molar-refractivity contribution is 1.40. The molecule has 0 aliphatic heterocycles. The summed E-state index contributed by atoms with van der Waals surface area (Å²) in [4.78, 5) is 4.21. The van der Waals surface area contributed by atoms with Crippen molar-refractivity contribution in [3.05, 3.63) is 40.0 Å². The Morgan fingerprint density at radius 3 is 2.83 bits per heavy atom. The number of hydrogen-bond acceptors (Lipinski definition) is 1. The molecule has 1 aromatic heterocycles. The molecule has 12 heavy (non-hydrogen) atoms. The van der Waals surface area contributed by atoms with Crippen LogP contribution in [0.3, 0.4) is 0 Å². The molecule has 2 rings (SSSR count). The number of halogens is 2. The van der Waals surface area contributed by atoms with Crippen molar-refractivity contribution in [3.63, 3.8) is 0 Å². The van der Waals surface area contributed by atoms with Crippen LogP contribution < -0.4 is 0 Å². The molecule has 0 saturated heterocycles. The molecule has 0 unspecified atom stereocenters. The molecule has 60 valence electrons. The fourth-order valence-corrected chi connectivity index (χ4v) is 1.77. The summed E-state index contributed by atoms with van der Waals surface area (Å²) in [6, 6.07) is 7.59. The molecule has 0 fully saturated rings. The van der Waals surface area contributed by atoms with E-state index in [1.807, 2.05) is 24.3 Å². The van der Waals surface area contributed by atoms with Crippen LogP contribution in [0.4, 0.5) is 0 Å². The van der Waals surface area contributed by atoms with Gasteiger partial charge in [0.25, 0.3) is 0 Å². The maximum atomic E-state index is 5.97. The predicted octanol–water partition coefficient (Wildman–Crippen LogP) is 3.65. The molecule has 0 aliphatic rings. The molecule has 0 aliphatic carbocycles. The van der Waals surface area contributed by atoms with Crippen LogP contribution in [-0.4, -0.2) is 4.98 Å². The fourth-order valence-electron chi connectivity index (χ4n) is 1.10. The first kappa shape index (κ1) is 8.02. The fraction of sp³-hybridized carbons (Fsp3) is 0. The molecular formula is C9H5BrClN. The lowest BCUT2D eigenvalue weighted by Crippen LogP contribution is -1.79. The van der Waals surface area contributed by atoms with Gasteiger partial charge < -0.3 is 0 Å². The van der Waals surface area contributed by atoms with Crippen LogP contribution in [0, 0.1) is 0 Å². The van der Waals surface area contributed by atoms with Crippen LogP contribution in [0.25, 0.3) is 10.9 Å². The first-order valence-electron chi connectivity index (χ1n) is 3.48. The van der Waals surface area contributed by atoms with E-state index in [1.54, 1.807) is 6.20 Å². The number of pyridine rings is 1. The van der Waals surface area contributed by atoms with Gasteiger partial charge in [0, 0.05) is 16.1 Å². The van der Waals surface area contributed by atoms with E-state index in [1.165, 1.54) is 0 Å². The van der Waals surface area contributed by atoms with E-state index < -0.39 is 0 Å². The zero-order chi connectivity index (χ0) is 8.55. The summed E-state index contributed by atoms with van der Waals surface area (Å²) in [6.07, 6.45) is 1.75. The lowest BCUT2D eigenvalue weighted by atomic mass is 10.2. The zero-order valence-electron chi connectivity index (χ0n) is 6.09. The van der Waals surface area contributed by atoms with Crippen LogP contribution in [0.5, 0.6) is 0 Å². The van der Waals surface area contributed by atoms with Crippen molar-refractivity contribution < 1.29 is 0 Å². The highest BCUT2D eigenvalue weighted by molar-refractivity contribution is 9.10. The van der Waals surface area contributed by atoms with E-state index >= 15 is 0 Å². The van der Waals surface area contributed by atoms with Crippen LogP contribution in [0.15, 0.2) is 34.9 Å². The molecular weight excluding hydrogens is 237 g/mol. The normalized spacial score (nSPS) is 10.5. The average Bonchev–Trinajstić information content (AvgIpc) is 2.12. The number of rotatable bonds is 0. The zero-order valence-corrected chi connectivity index (χ0v) is 8.43. The van der Waals surface area contributed by atoms with Gasteiger partial charge in [0.1, 0.15) is 0 Å². The Labute approximate surface area is 83.5 Å². The van der Waals surface area contributed by atoms with Gasteiger partial charge in [-0.3, -0.25) is 4.98 Å². The molecule has 0 bridgehead atoms. The molecule has 0 saturated carbocycles. The number of hydrogen-bond donors (Lipinski definition) is 0. The Bertz CT molecular complexity index is 387. The maximum absolute atomic E-state index is 5.97. The molecule has 0 amide bonds. The van der Waals surface area contributed by atoms with Gasteiger partial charge in [-0.15, -0.1) is 0 Å². The van der Waals surface area contributed by atoms with Crippen molar-refractivity contribution in [2.24, 2.45) is 0 Å². The molecule has 1 heterocycles. The SMILES string of the molecule is Clc1ccc(Br)c2ncccc12. The van der Waals surface area contributed by atoms with E-state index in [4.69, 9.17) is 11.6 Å². The second-order valence-electron chi connectivity index (χ2n) is 2.43. The second-order valence-corrected chi connectivity index (χ2v) is 3.69. The van der Waals surface area contributed by atoms with Crippen molar-refractivity contribution in [2.45, 2.75) is 0 Å². The first-order chi connectivity index (χ1) is 5.79. The lowest BCUT2D eigenvalue weighted by Gasteiger charge is -2.00. The van der Waals surface area contributed by atoms with Crippen molar-refractivity contribution in [1.29, 1.82) is 0 Å². The third-order valence-corrected chi connectivity index (χ3v) is 2.64. The standard InChI is InChI=1S/C9H5BrClN/c10-7-3-4-8(11)6-2-1-5-12-9(6)7/h1-5H. The highest BCUT2D eigenvalue weighted by Gasteiger charge is 2.01. The Morgan fingerprint density at radius 2 is 2.08 bits per heavy atom. The number of nitrogens with zero attached hydrogens (tertiary/aromatic N) is 1. The minimum Gasteiger partial charge on any atom is -0.255 e. The number of benzene rings is 1. The van der Waals surface area contributed by atoms with Crippen molar-refractivity contribution >= 4 is 38.4 Å². The van der Waals surface area contributed by atoms with Gasteiger partial charge in [-0.1, -0.05) is 11.6 Å². The Hall–Kier alpha value is -0.600. The smallest absolute Gasteiger partial charge is 0.0858 e. The van der Waals surface area contributed by atoms with E-state index in [2.05, 4.69) is 20.9 Å². The molecule has 0 spiro atoms. The van der Waals surface area contributed by atoms with Crippen LogP contribution in [0.2, 0.25) is 5.02 Å². The molecule has 0 atom stereocenters. The van der Waals surface area contributed by atoms with Crippen molar-refractivity contribution in [2.75, 3.05) is 0 Å². The van der Waals surface area contributed by atoms with Gasteiger partial charge >= 0.3 is 0 Å². The minimum absolute atomic E-state index is 0.737. The molecule has 0 N–H and O–H groups in total. The van der Waals surface area contributed by atoms with E-state index in [0.717, 1.165) is 20.4 Å². The topological polar surface area (TPSA) is 12.9 Å². The molecule has 3 heteroatoms. The van der Waals surface area contributed by atoms with Crippen LogP contribution in [0.1, 0.15) is 0 Å². The van der Waals surface area contributed by atoms with Gasteiger partial charge in [0.05, 0.1) is 10.5 Å². The van der Waals surface area contributed by atoms with Crippen molar-refractivity contribution in [1.82, 2.24) is 4.98 Å². The van der Waals surface area contributed by atoms with Gasteiger partial charge in [-0.25, -0.2) is 0 Å². The van der Waals surface area contributed by atoms with Gasteiger partial charge in [0.2, 0.25) is 0 Å². The number of fused-ring (bicyclic) bond motifs is 1. The highest BCUT2D eigenvalue weighted by atomic mass is 79.9. The second kappa shape index (κ2) is 3.04. The average molecular weight is 243 g/mol. The van der Waals surface area contributed by atoms with Gasteiger partial charge in [-0.2, -0.15) is 0 Å². The monoisotopic (exact) mass is 241 g/mol. The van der Waals surface area contributed by atoms with E-state index in [-0.39, 0.29) is 0 Å². The van der Waals surface area contributed by atoms with Gasteiger partial charge in [0.15, 0.2) is 0 Å². The highest BCUT2D eigenvalue weighted by Crippen LogP contribution is 2.27. The summed E-state index contributed by atoms with van der Waals surface area (Å²) in [5, 5.41) is 1.72. The van der Waals surface area contributed by atoms with E-state index in [9.17, 15) is 0 Å². The third-order valence-electron chi connectivity index (χ3n) is 1.67. The summed E-state index contributed by atoms with van der Waals surface area (Å²) in [5.41, 5.74) is 0.907. The number of aromatic nitrogens is 1. The largest absolute Gasteiger partial charge is 0.255 e. The van der Waals surface area contributed by atoms with Crippen molar-refractivity contribution in [3.8, 4) is 0 Å². The van der Waals surface area contributed by atoms with Crippen LogP contribution >= 0.6 is 27.5 Å². The summed E-state index contributed by atoms with van der Waals surface area (Å²) in [6.45, 7) is 0. The molecule has 0 radical (unpaired) electrons. The predicted molar refractivity (Wildman–Crippen MR) is 54.5 cm³/mol. The summed E-state index contributed by atoms with van der Waals surface area (Å²) < 4.78 is 0.975. The molecule has 1 aromatic carbocycles.